The molecule has 1 unspecified atom stereocenters. The molecule has 0 spiro atoms. The van der Waals surface area contributed by atoms with Gasteiger partial charge in [0.2, 0.25) is 11.8 Å². The molecule has 0 heterocycles. The summed E-state index contributed by atoms with van der Waals surface area (Å²) in [6.07, 6.45) is 1.02. The second-order valence-corrected chi connectivity index (χ2v) is 14.2. The van der Waals surface area contributed by atoms with Crippen molar-refractivity contribution in [1.82, 2.24) is 10.2 Å². The second kappa shape index (κ2) is 14.8. The van der Waals surface area contributed by atoms with Gasteiger partial charge in [0, 0.05) is 23.5 Å². The number of hydrogen-bond donors (Lipinski definition) is 1. The van der Waals surface area contributed by atoms with Crippen molar-refractivity contribution in [2.24, 2.45) is 0 Å². The number of sulfonamides is 1. The first-order chi connectivity index (χ1) is 21.4. The highest BCUT2D eigenvalue weighted by atomic mass is 35.5. The molecule has 7 nitrogen and oxygen atoms in total. The molecule has 0 fully saturated rings. The van der Waals surface area contributed by atoms with E-state index in [2.05, 4.69) is 5.32 Å². The predicted octanol–water partition coefficient (Wildman–Crippen LogP) is 6.65. The smallest absolute Gasteiger partial charge is 0.264 e. The van der Waals surface area contributed by atoms with Crippen LogP contribution < -0.4 is 9.62 Å². The largest absolute Gasteiger partial charge is 0.350 e. The van der Waals surface area contributed by atoms with Gasteiger partial charge < -0.3 is 10.2 Å². The van der Waals surface area contributed by atoms with Gasteiger partial charge in [0.25, 0.3) is 10.0 Å². The average Bonchev–Trinajstić information content (AvgIpc) is 3.02. The molecule has 0 radical (unpaired) electrons. The number of anilines is 1. The fraction of sp³-hybridized carbons (Fsp3) is 0.278. The van der Waals surface area contributed by atoms with Gasteiger partial charge in [-0.2, -0.15) is 0 Å². The Labute approximate surface area is 271 Å². The second-order valence-electron chi connectivity index (χ2n) is 11.9. The van der Waals surface area contributed by atoms with Crippen molar-refractivity contribution in [2.45, 2.75) is 63.6 Å². The lowest BCUT2D eigenvalue weighted by atomic mass is 10.0. The Morgan fingerprint density at radius 1 is 0.778 bits per heavy atom. The number of aryl methyl sites for hydroxylation is 1. The van der Waals surface area contributed by atoms with Crippen LogP contribution in [0.3, 0.4) is 0 Å². The molecule has 2 amide bonds. The maximum absolute atomic E-state index is 14.5. The molecule has 45 heavy (non-hydrogen) atoms. The SMILES string of the molecule is CCc1ccc(N(CC(=O)N(Cc2ccc(Cl)cc2)C(Cc2ccccc2)C(=O)NC(C)(C)C)S(=O)(=O)c2ccccc2)cc1. The van der Waals surface area contributed by atoms with Crippen LogP contribution in [0.5, 0.6) is 0 Å². The number of amides is 2. The number of halogens is 1. The van der Waals surface area contributed by atoms with E-state index < -0.39 is 34.1 Å². The van der Waals surface area contributed by atoms with Crippen molar-refractivity contribution < 1.29 is 18.0 Å². The topological polar surface area (TPSA) is 86.8 Å². The van der Waals surface area contributed by atoms with Crippen molar-refractivity contribution in [3.05, 3.63) is 131 Å². The monoisotopic (exact) mass is 645 g/mol. The number of rotatable bonds is 12. The van der Waals surface area contributed by atoms with Gasteiger partial charge in [-0.25, -0.2) is 8.42 Å². The summed E-state index contributed by atoms with van der Waals surface area (Å²) in [6.45, 7) is 7.21. The molecule has 4 aromatic rings. The van der Waals surface area contributed by atoms with Crippen LogP contribution in [0.15, 0.2) is 114 Å². The first kappa shape index (κ1) is 33.7. The molecule has 0 aromatic heterocycles. The summed E-state index contributed by atoms with van der Waals surface area (Å²) in [5.41, 5.74) is 2.44. The highest BCUT2D eigenvalue weighted by Crippen LogP contribution is 2.26. The van der Waals surface area contributed by atoms with E-state index in [1.54, 1.807) is 54.6 Å². The predicted molar refractivity (Wildman–Crippen MR) is 181 cm³/mol. The van der Waals surface area contributed by atoms with E-state index in [4.69, 9.17) is 11.6 Å². The minimum Gasteiger partial charge on any atom is -0.350 e. The molecule has 0 saturated heterocycles. The summed E-state index contributed by atoms with van der Waals surface area (Å²) in [5, 5.41) is 3.58. The maximum atomic E-state index is 14.5. The maximum Gasteiger partial charge on any atom is 0.264 e. The number of hydrogen-bond acceptors (Lipinski definition) is 4. The third kappa shape index (κ3) is 9.19. The van der Waals surface area contributed by atoms with Crippen LogP contribution in [0.25, 0.3) is 0 Å². The Morgan fingerprint density at radius 3 is 1.89 bits per heavy atom. The number of nitrogens with zero attached hydrogens (tertiary/aromatic N) is 2. The first-order valence-electron chi connectivity index (χ1n) is 14.9. The Bertz CT molecular complexity index is 1670. The Hall–Kier alpha value is -4.14. The van der Waals surface area contributed by atoms with Gasteiger partial charge in [-0.1, -0.05) is 91.3 Å². The summed E-state index contributed by atoms with van der Waals surface area (Å²) in [6, 6.07) is 30.8. The van der Waals surface area contributed by atoms with Gasteiger partial charge in [0.1, 0.15) is 12.6 Å². The van der Waals surface area contributed by atoms with Gasteiger partial charge in [0.15, 0.2) is 0 Å². The van der Waals surface area contributed by atoms with Crippen LogP contribution in [0, 0.1) is 0 Å². The molecular weight excluding hydrogens is 606 g/mol. The average molecular weight is 646 g/mol. The summed E-state index contributed by atoms with van der Waals surface area (Å²) < 4.78 is 29.3. The molecule has 1 atom stereocenters. The highest BCUT2D eigenvalue weighted by molar-refractivity contribution is 7.92. The van der Waals surface area contributed by atoms with Crippen LogP contribution in [0.4, 0.5) is 5.69 Å². The molecule has 0 bridgehead atoms. The number of benzene rings is 4. The number of nitrogens with one attached hydrogen (secondary N) is 1. The molecule has 0 aliphatic rings. The van der Waals surface area contributed by atoms with Gasteiger partial charge >= 0.3 is 0 Å². The molecular formula is C36H40ClN3O4S. The van der Waals surface area contributed by atoms with Crippen LogP contribution >= 0.6 is 11.6 Å². The lowest BCUT2D eigenvalue weighted by Crippen LogP contribution is -2.56. The molecule has 0 saturated carbocycles. The van der Waals surface area contributed by atoms with E-state index in [9.17, 15) is 18.0 Å². The fourth-order valence-electron chi connectivity index (χ4n) is 4.94. The van der Waals surface area contributed by atoms with E-state index in [0.29, 0.717) is 10.7 Å². The van der Waals surface area contributed by atoms with Crippen LogP contribution in [-0.4, -0.2) is 43.3 Å². The summed E-state index contributed by atoms with van der Waals surface area (Å²) >= 11 is 6.15. The Balaban J connectivity index is 1.81. The lowest BCUT2D eigenvalue weighted by Gasteiger charge is -2.35. The van der Waals surface area contributed by atoms with E-state index in [1.165, 1.54) is 17.0 Å². The standard InChI is InChI=1S/C36H40ClN3O4S/c1-5-27-18-22-31(23-19-27)40(45(43,44)32-14-10-7-11-15-32)26-34(41)39(25-29-16-20-30(37)21-17-29)33(35(42)38-36(2,3)4)24-28-12-8-6-9-13-28/h6-23,33H,5,24-26H2,1-4H3,(H,38,42). The van der Waals surface area contributed by atoms with E-state index >= 15 is 0 Å². The lowest BCUT2D eigenvalue weighted by molar-refractivity contribution is -0.140. The van der Waals surface area contributed by atoms with Crippen molar-refractivity contribution in [2.75, 3.05) is 10.8 Å². The number of carbonyl (C=O) groups is 2. The Morgan fingerprint density at radius 2 is 1.33 bits per heavy atom. The van der Waals surface area contributed by atoms with Gasteiger partial charge in [-0.3, -0.25) is 13.9 Å². The molecule has 4 rings (SSSR count). The normalized spacial score (nSPS) is 12.3. The fourth-order valence-corrected chi connectivity index (χ4v) is 6.50. The van der Waals surface area contributed by atoms with Gasteiger partial charge in [-0.05, 0) is 80.3 Å². The van der Waals surface area contributed by atoms with Crippen LogP contribution in [0.2, 0.25) is 5.02 Å². The third-order valence-electron chi connectivity index (χ3n) is 7.28. The first-order valence-corrected chi connectivity index (χ1v) is 16.8. The molecule has 9 heteroatoms. The third-order valence-corrected chi connectivity index (χ3v) is 9.32. The minimum atomic E-state index is -4.15. The molecule has 4 aromatic carbocycles. The summed E-state index contributed by atoms with van der Waals surface area (Å²) in [5.74, 6) is -0.854. The van der Waals surface area contributed by atoms with Crippen LogP contribution in [-0.2, 0) is 39.0 Å². The van der Waals surface area contributed by atoms with Crippen molar-refractivity contribution >= 4 is 39.1 Å². The zero-order chi connectivity index (χ0) is 32.6. The van der Waals surface area contributed by atoms with Crippen molar-refractivity contribution in [1.29, 1.82) is 0 Å². The quantitative estimate of drug-likeness (QED) is 0.187. The van der Waals surface area contributed by atoms with Crippen molar-refractivity contribution in [3.63, 3.8) is 0 Å². The Kier molecular flexibility index (Phi) is 11.1. The number of carbonyl (C=O) groups excluding carboxylic acids is 2. The van der Waals surface area contributed by atoms with E-state index in [0.717, 1.165) is 27.4 Å². The molecule has 0 aliphatic heterocycles. The van der Waals surface area contributed by atoms with Crippen molar-refractivity contribution in [3.8, 4) is 0 Å². The van der Waals surface area contributed by atoms with Crippen LogP contribution in [0.1, 0.15) is 44.4 Å². The molecule has 0 aliphatic carbocycles. The zero-order valence-electron chi connectivity index (χ0n) is 26.1. The molecule has 236 valence electrons. The van der Waals surface area contributed by atoms with E-state index in [1.807, 2.05) is 70.2 Å². The zero-order valence-corrected chi connectivity index (χ0v) is 27.7. The van der Waals surface area contributed by atoms with E-state index in [-0.39, 0.29) is 23.8 Å². The van der Waals surface area contributed by atoms with Gasteiger partial charge in [0.05, 0.1) is 10.6 Å². The highest BCUT2D eigenvalue weighted by Gasteiger charge is 2.35. The van der Waals surface area contributed by atoms with Gasteiger partial charge in [-0.15, -0.1) is 0 Å². The summed E-state index contributed by atoms with van der Waals surface area (Å²) in [4.78, 5) is 30.0. The summed E-state index contributed by atoms with van der Waals surface area (Å²) in [7, 11) is -4.15. The minimum absolute atomic E-state index is 0.0629. The molecule has 1 N–H and O–H groups in total.